The molecule has 0 unspecified atom stereocenters. The lowest BCUT2D eigenvalue weighted by atomic mass is 10.0. The Labute approximate surface area is 172 Å². The highest BCUT2D eigenvalue weighted by Gasteiger charge is 2.18. The molecule has 28 heavy (non-hydrogen) atoms. The fourth-order valence-corrected chi connectivity index (χ4v) is 3.44. The minimum absolute atomic E-state index is 0.0525. The van der Waals surface area contributed by atoms with Gasteiger partial charge in [-0.2, -0.15) is 0 Å². The Bertz CT molecular complexity index is 860. The Morgan fingerprint density at radius 1 is 0.964 bits per heavy atom. The van der Waals surface area contributed by atoms with E-state index in [1.165, 1.54) is 4.90 Å². The number of carbonyl (C=O) groups excluding carboxylic acids is 2. The molecule has 0 heterocycles. The maximum absolute atomic E-state index is 12.7. The molecule has 6 heteroatoms. The predicted molar refractivity (Wildman–Crippen MR) is 116 cm³/mol. The van der Waals surface area contributed by atoms with E-state index in [9.17, 15) is 9.59 Å². The van der Waals surface area contributed by atoms with Gasteiger partial charge in [-0.25, -0.2) is 4.79 Å². The van der Waals surface area contributed by atoms with Crippen LogP contribution in [0, 0.1) is 13.8 Å². The SMILES string of the molecule is CCc1ccc(Cl)c(CC)c1NC(=O)N(C)CC(=O)Nc1c(C)cccc1C. The molecular formula is C22H28ClN3O2. The average Bonchev–Trinajstić information content (AvgIpc) is 2.65. The van der Waals surface area contributed by atoms with Crippen LogP contribution in [0.2, 0.25) is 5.02 Å². The molecule has 2 rings (SSSR count). The maximum Gasteiger partial charge on any atom is 0.322 e. The first kappa shape index (κ1) is 21.8. The van der Waals surface area contributed by atoms with Gasteiger partial charge in [-0.05, 0) is 55.0 Å². The van der Waals surface area contributed by atoms with Gasteiger partial charge < -0.3 is 15.5 Å². The van der Waals surface area contributed by atoms with Crippen LogP contribution in [0.15, 0.2) is 30.3 Å². The minimum Gasteiger partial charge on any atom is -0.324 e. The lowest BCUT2D eigenvalue weighted by molar-refractivity contribution is -0.116. The van der Waals surface area contributed by atoms with E-state index < -0.39 is 0 Å². The van der Waals surface area contributed by atoms with Crippen molar-refractivity contribution in [1.82, 2.24) is 4.90 Å². The van der Waals surface area contributed by atoms with Crippen molar-refractivity contribution < 1.29 is 9.59 Å². The third kappa shape index (κ3) is 5.04. The van der Waals surface area contributed by atoms with Gasteiger partial charge in [-0.1, -0.05) is 49.7 Å². The van der Waals surface area contributed by atoms with E-state index in [1.54, 1.807) is 7.05 Å². The summed E-state index contributed by atoms with van der Waals surface area (Å²) in [5.74, 6) is -0.243. The topological polar surface area (TPSA) is 61.4 Å². The highest BCUT2D eigenvalue weighted by Crippen LogP contribution is 2.29. The number of carbonyl (C=O) groups is 2. The summed E-state index contributed by atoms with van der Waals surface area (Å²) in [5.41, 5.74) is 5.42. The highest BCUT2D eigenvalue weighted by molar-refractivity contribution is 6.32. The van der Waals surface area contributed by atoms with Crippen LogP contribution < -0.4 is 10.6 Å². The lowest BCUT2D eigenvalue weighted by Crippen LogP contribution is -2.38. The van der Waals surface area contributed by atoms with Crippen LogP contribution in [0.4, 0.5) is 16.2 Å². The largest absolute Gasteiger partial charge is 0.324 e. The van der Waals surface area contributed by atoms with Crippen LogP contribution in [-0.4, -0.2) is 30.4 Å². The van der Waals surface area contributed by atoms with Gasteiger partial charge in [0.1, 0.15) is 6.54 Å². The smallest absolute Gasteiger partial charge is 0.322 e. The summed E-state index contributed by atoms with van der Waals surface area (Å²) in [6, 6.07) is 9.26. The molecule has 0 spiro atoms. The average molecular weight is 402 g/mol. The molecule has 2 aromatic rings. The Morgan fingerprint density at radius 3 is 2.18 bits per heavy atom. The van der Waals surface area contributed by atoms with E-state index in [2.05, 4.69) is 10.6 Å². The van der Waals surface area contributed by atoms with Gasteiger partial charge in [0.25, 0.3) is 0 Å². The molecule has 2 N–H and O–H groups in total. The second-order valence-corrected chi connectivity index (χ2v) is 7.28. The first-order valence-electron chi connectivity index (χ1n) is 9.46. The molecule has 0 saturated heterocycles. The van der Waals surface area contributed by atoms with Gasteiger partial charge in [0, 0.05) is 17.8 Å². The van der Waals surface area contributed by atoms with E-state index in [4.69, 9.17) is 11.6 Å². The van der Waals surface area contributed by atoms with Gasteiger partial charge >= 0.3 is 6.03 Å². The molecule has 0 fully saturated rings. The highest BCUT2D eigenvalue weighted by atomic mass is 35.5. The number of amides is 3. The minimum atomic E-state index is -0.344. The summed E-state index contributed by atoms with van der Waals surface area (Å²) in [4.78, 5) is 26.5. The van der Waals surface area contributed by atoms with E-state index in [-0.39, 0.29) is 18.5 Å². The van der Waals surface area contributed by atoms with Gasteiger partial charge in [0.2, 0.25) is 5.91 Å². The summed E-state index contributed by atoms with van der Waals surface area (Å²) in [7, 11) is 1.60. The molecule has 0 atom stereocenters. The van der Waals surface area contributed by atoms with Gasteiger partial charge in [0.05, 0.1) is 5.69 Å². The third-order valence-corrected chi connectivity index (χ3v) is 5.14. The van der Waals surface area contributed by atoms with Crippen LogP contribution in [-0.2, 0) is 17.6 Å². The molecule has 0 radical (unpaired) electrons. The molecule has 0 aliphatic heterocycles. The molecule has 150 valence electrons. The fourth-order valence-electron chi connectivity index (χ4n) is 3.15. The Kier molecular flexibility index (Phi) is 7.46. The summed E-state index contributed by atoms with van der Waals surface area (Å²) >= 11 is 6.30. The van der Waals surface area contributed by atoms with E-state index in [0.717, 1.165) is 40.0 Å². The van der Waals surface area contributed by atoms with Crippen LogP contribution >= 0.6 is 11.6 Å². The number of nitrogens with zero attached hydrogens (tertiary/aromatic N) is 1. The molecule has 0 bridgehead atoms. The molecule has 3 amide bonds. The standard InChI is InChI=1S/C22H28ClN3O2/c1-6-16-11-12-18(23)17(7-2)21(16)25-22(28)26(5)13-19(27)24-20-14(3)9-8-10-15(20)4/h8-12H,6-7,13H2,1-5H3,(H,24,27)(H,25,28). The molecule has 0 aromatic heterocycles. The van der Waals surface area contributed by atoms with Crippen molar-refractivity contribution in [2.24, 2.45) is 0 Å². The molecule has 0 saturated carbocycles. The molecule has 0 aliphatic carbocycles. The zero-order valence-corrected chi connectivity index (χ0v) is 17.9. The number of nitrogens with one attached hydrogen (secondary N) is 2. The number of hydrogen-bond acceptors (Lipinski definition) is 2. The van der Waals surface area contributed by atoms with Crippen LogP contribution in [0.3, 0.4) is 0 Å². The van der Waals surface area contributed by atoms with E-state index >= 15 is 0 Å². The Morgan fingerprint density at radius 2 is 1.61 bits per heavy atom. The summed E-state index contributed by atoms with van der Waals surface area (Å²) in [5, 5.41) is 6.47. The molecule has 0 aliphatic rings. The molecular weight excluding hydrogens is 374 g/mol. The summed E-state index contributed by atoms with van der Waals surface area (Å²) in [6.45, 7) is 7.86. The van der Waals surface area contributed by atoms with E-state index in [0.29, 0.717) is 11.4 Å². The number of anilines is 2. The lowest BCUT2D eigenvalue weighted by Gasteiger charge is -2.21. The van der Waals surface area contributed by atoms with Crippen LogP contribution in [0.1, 0.15) is 36.1 Å². The monoisotopic (exact) mass is 401 g/mol. The first-order valence-corrected chi connectivity index (χ1v) is 9.84. The number of likely N-dealkylation sites (N-methyl/N-ethyl adjacent to an activating group) is 1. The second-order valence-electron chi connectivity index (χ2n) is 6.87. The number of hydrogen-bond donors (Lipinski definition) is 2. The van der Waals surface area contributed by atoms with Gasteiger partial charge in [-0.3, -0.25) is 4.79 Å². The normalized spacial score (nSPS) is 10.5. The Hall–Kier alpha value is -2.53. The fraction of sp³-hybridized carbons (Fsp3) is 0.364. The third-order valence-electron chi connectivity index (χ3n) is 4.78. The van der Waals surface area contributed by atoms with Crippen molar-refractivity contribution in [3.05, 3.63) is 57.6 Å². The van der Waals surface area contributed by atoms with Crippen molar-refractivity contribution in [1.29, 1.82) is 0 Å². The zero-order valence-electron chi connectivity index (χ0n) is 17.1. The molecule has 5 nitrogen and oxygen atoms in total. The van der Waals surface area contributed by atoms with Crippen molar-refractivity contribution in [2.75, 3.05) is 24.2 Å². The number of urea groups is 1. The number of benzene rings is 2. The number of halogens is 1. The predicted octanol–water partition coefficient (Wildman–Crippen LogP) is 5.18. The second kappa shape index (κ2) is 9.60. The van der Waals surface area contributed by atoms with Crippen molar-refractivity contribution in [3.63, 3.8) is 0 Å². The van der Waals surface area contributed by atoms with Crippen molar-refractivity contribution in [2.45, 2.75) is 40.5 Å². The van der Waals surface area contributed by atoms with Crippen LogP contribution in [0.25, 0.3) is 0 Å². The first-order chi connectivity index (χ1) is 13.3. The van der Waals surface area contributed by atoms with Gasteiger partial charge in [0.15, 0.2) is 0 Å². The number of aryl methyl sites for hydroxylation is 3. The Balaban J connectivity index is 2.09. The maximum atomic E-state index is 12.7. The number of para-hydroxylation sites is 1. The van der Waals surface area contributed by atoms with Gasteiger partial charge in [-0.15, -0.1) is 0 Å². The number of rotatable bonds is 6. The summed E-state index contributed by atoms with van der Waals surface area (Å²) < 4.78 is 0. The van der Waals surface area contributed by atoms with Crippen LogP contribution in [0.5, 0.6) is 0 Å². The zero-order chi connectivity index (χ0) is 20.8. The quantitative estimate of drug-likeness (QED) is 0.700. The van der Waals surface area contributed by atoms with Crippen molar-refractivity contribution in [3.8, 4) is 0 Å². The van der Waals surface area contributed by atoms with Crippen molar-refractivity contribution >= 4 is 34.9 Å². The van der Waals surface area contributed by atoms with E-state index in [1.807, 2.05) is 58.0 Å². The summed E-state index contributed by atoms with van der Waals surface area (Å²) in [6.07, 6.45) is 1.48. The molecule has 2 aromatic carbocycles.